The molecule has 1 aromatic carbocycles. The third-order valence-electron chi connectivity index (χ3n) is 6.33. The number of carboxylic acids is 1. The summed E-state index contributed by atoms with van der Waals surface area (Å²) >= 11 is 0. The summed E-state index contributed by atoms with van der Waals surface area (Å²) in [5.41, 5.74) is 2.10. The van der Waals surface area contributed by atoms with E-state index in [0.29, 0.717) is 19.5 Å². The molecule has 2 aliphatic rings. The molecule has 1 aromatic rings. The maximum atomic E-state index is 12.6. The minimum Gasteiger partial charge on any atom is -0.481 e. The Morgan fingerprint density at radius 2 is 1.90 bits per heavy atom. The fourth-order valence-corrected chi connectivity index (χ4v) is 4.51. The van der Waals surface area contributed by atoms with Crippen molar-refractivity contribution >= 4 is 23.5 Å². The molecule has 6 nitrogen and oxygen atoms in total. The number of carbonyl (C=O) groups excluding carboxylic acids is 2. The number of benzene rings is 1. The van der Waals surface area contributed by atoms with Crippen molar-refractivity contribution in [3.05, 3.63) is 29.8 Å². The molecule has 29 heavy (non-hydrogen) atoms. The summed E-state index contributed by atoms with van der Waals surface area (Å²) in [6.45, 7) is 2.93. The van der Waals surface area contributed by atoms with Crippen LogP contribution in [0.4, 0.5) is 5.69 Å². The third kappa shape index (κ3) is 5.37. The SMILES string of the molecule is CCCCc1ccc(N2CC(C(=O)NC[C@@H]3CCCC[C@@H]3C(=O)O)CC2=O)cc1. The zero-order chi connectivity index (χ0) is 20.8. The third-order valence-corrected chi connectivity index (χ3v) is 6.33. The first-order chi connectivity index (χ1) is 14.0. The molecule has 6 heteroatoms. The fraction of sp³-hybridized carbons (Fsp3) is 0.609. The zero-order valence-corrected chi connectivity index (χ0v) is 17.2. The molecule has 2 amide bonds. The number of anilines is 1. The van der Waals surface area contributed by atoms with Crippen molar-refractivity contribution in [1.82, 2.24) is 5.32 Å². The van der Waals surface area contributed by atoms with E-state index >= 15 is 0 Å². The zero-order valence-electron chi connectivity index (χ0n) is 17.2. The largest absolute Gasteiger partial charge is 0.481 e. The van der Waals surface area contributed by atoms with Crippen molar-refractivity contribution in [3.63, 3.8) is 0 Å². The van der Waals surface area contributed by atoms with Gasteiger partial charge >= 0.3 is 5.97 Å². The molecule has 1 aliphatic carbocycles. The Bertz CT molecular complexity index is 731. The summed E-state index contributed by atoms with van der Waals surface area (Å²) in [5, 5.41) is 12.3. The fourth-order valence-electron chi connectivity index (χ4n) is 4.51. The van der Waals surface area contributed by atoms with Crippen LogP contribution in [0.25, 0.3) is 0 Å². The molecule has 0 aromatic heterocycles. The first-order valence-electron chi connectivity index (χ1n) is 10.9. The lowest BCUT2D eigenvalue weighted by molar-refractivity contribution is -0.145. The van der Waals surface area contributed by atoms with E-state index in [1.54, 1.807) is 4.90 Å². The highest BCUT2D eigenvalue weighted by molar-refractivity contribution is 6.00. The molecule has 2 N–H and O–H groups in total. The Morgan fingerprint density at radius 3 is 2.59 bits per heavy atom. The second-order valence-electron chi connectivity index (χ2n) is 8.41. The van der Waals surface area contributed by atoms with E-state index in [1.165, 1.54) is 5.56 Å². The van der Waals surface area contributed by atoms with Gasteiger partial charge in [-0.25, -0.2) is 0 Å². The number of hydrogen-bond donors (Lipinski definition) is 2. The van der Waals surface area contributed by atoms with Crippen molar-refractivity contribution in [2.45, 2.75) is 58.3 Å². The summed E-state index contributed by atoms with van der Waals surface area (Å²) in [6, 6.07) is 8.03. The monoisotopic (exact) mass is 400 g/mol. The predicted molar refractivity (Wildman–Crippen MR) is 112 cm³/mol. The summed E-state index contributed by atoms with van der Waals surface area (Å²) < 4.78 is 0. The van der Waals surface area contributed by atoms with E-state index in [9.17, 15) is 19.5 Å². The Balaban J connectivity index is 1.54. The molecule has 0 spiro atoms. The lowest BCUT2D eigenvalue weighted by Gasteiger charge is -2.28. The Kier molecular flexibility index (Phi) is 7.29. The molecule has 3 atom stereocenters. The average Bonchev–Trinajstić information content (AvgIpc) is 3.12. The highest BCUT2D eigenvalue weighted by atomic mass is 16.4. The molecular formula is C23H32N2O4. The smallest absolute Gasteiger partial charge is 0.306 e. The van der Waals surface area contributed by atoms with Gasteiger partial charge in [0.25, 0.3) is 0 Å². The van der Waals surface area contributed by atoms with Crippen LogP contribution in [0.2, 0.25) is 0 Å². The van der Waals surface area contributed by atoms with Crippen LogP contribution in [0.1, 0.15) is 57.4 Å². The molecule has 3 rings (SSSR count). The van der Waals surface area contributed by atoms with Crippen LogP contribution in [0.15, 0.2) is 24.3 Å². The van der Waals surface area contributed by atoms with E-state index in [0.717, 1.165) is 44.2 Å². The lowest BCUT2D eigenvalue weighted by Crippen LogP contribution is -2.40. The number of aliphatic carboxylic acids is 1. The van der Waals surface area contributed by atoms with Crippen molar-refractivity contribution in [1.29, 1.82) is 0 Å². The van der Waals surface area contributed by atoms with Crippen LogP contribution in [-0.4, -0.2) is 36.0 Å². The van der Waals surface area contributed by atoms with Gasteiger partial charge in [-0.05, 0) is 49.3 Å². The molecule has 1 unspecified atom stereocenters. The molecule has 1 aliphatic heterocycles. The van der Waals surface area contributed by atoms with E-state index in [-0.39, 0.29) is 36.0 Å². The number of amides is 2. The van der Waals surface area contributed by atoms with Gasteiger partial charge in [0.2, 0.25) is 11.8 Å². The van der Waals surface area contributed by atoms with Crippen LogP contribution in [0.5, 0.6) is 0 Å². The number of carboxylic acid groups (broad SMARTS) is 1. The number of hydrogen-bond acceptors (Lipinski definition) is 3. The maximum Gasteiger partial charge on any atom is 0.306 e. The standard InChI is InChI=1S/C23H32N2O4/c1-2-3-6-16-9-11-19(12-10-16)25-15-18(13-21(25)26)22(27)24-14-17-7-4-5-8-20(17)23(28)29/h9-12,17-18,20H,2-8,13-15H2,1H3,(H,24,27)(H,28,29)/t17-,18?,20-/m0/s1. The van der Waals surface area contributed by atoms with Crippen molar-refractivity contribution in [2.24, 2.45) is 17.8 Å². The molecule has 2 fully saturated rings. The van der Waals surface area contributed by atoms with Gasteiger partial charge in [-0.2, -0.15) is 0 Å². The van der Waals surface area contributed by atoms with Crippen molar-refractivity contribution < 1.29 is 19.5 Å². The highest BCUT2D eigenvalue weighted by Crippen LogP contribution is 2.30. The number of rotatable bonds is 8. The number of nitrogens with zero attached hydrogens (tertiary/aromatic N) is 1. The number of aryl methyl sites for hydroxylation is 1. The van der Waals surface area contributed by atoms with Crippen LogP contribution in [0, 0.1) is 17.8 Å². The Labute approximate surface area is 172 Å². The van der Waals surface area contributed by atoms with Crippen LogP contribution in [0.3, 0.4) is 0 Å². The highest BCUT2D eigenvalue weighted by Gasteiger charge is 2.36. The second-order valence-corrected chi connectivity index (χ2v) is 8.41. The van der Waals surface area contributed by atoms with Gasteiger partial charge < -0.3 is 15.3 Å². The Hall–Kier alpha value is -2.37. The average molecular weight is 401 g/mol. The number of carbonyl (C=O) groups is 3. The normalized spacial score (nSPS) is 24.5. The molecule has 0 radical (unpaired) electrons. The van der Waals surface area contributed by atoms with E-state index in [1.807, 2.05) is 12.1 Å². The topological polar surface area (TPSA) is 86.7 Å². The number of unbranched alkanes of at least 4 members (excludes halogenated alkanes) is 1. The van der Waals surface area contributed by atoms with Crippen molar-refractivity contribution in [3.8, 4) is 0 Å². The minimum atomic E-state index is -0.770. The quantitative estimate of drug-likeness (QED) is 0.700. The van der Waals surface area contributed by atoms with Gasteiger partial charge in [0.05, 0.1) is 11.8 Å². The maximum absolute atomic E-state index is 12.6. The van der Waals surface area contributed by atoms with Gasteiger partial charge in [0.1, 0.15) is 0 Å². The lowest BCUT2D eigenvalue weighted by atomic mass is 9.79. The molecule has 1 heterocycles. The molecule has 1 saturated heterocycles. The van der Waals surface area contributed by atoms with Crippen molar-refractivity contribution in [2.75, 3.05) is 18.0 Å². The van der Waals surface area contributed by atoms with E-state index in [4.69, 9.17) is 0 Å². The molecule has 0 bridgehead atoms. The number of nitrogens with one attached hydrogen (secondary N) is 1. The van der Waals surface area contributed by atoms with Gasteiger partial charge in [-0.3, -0.25) is 14.4 Å². The van der Waals surface area contributed by atoms with E-state index in [2.05, 4.69) is 24.4 Å². The summed E-state index contributed by atoms with van der Waals surface area (Å²) in [4.78, 5) is 38.2. The first kappa shape index (κ1) is 21.3. The first-order valence-corrected chi connectivity index (χ1v) is 10.9. The van der Waals surface area contributed by atoms with Crippen LogP contribution < -0.4 is 10.2 Å². The van der Waals surface area contributed by atoms with Gasteiger partial charge in [0.15, 0.2) is 0 Å². The van der Waals surface area contributed by atoms with Gasteiger partial charge in [0, 0.05) is 25.2 Å². The molecular weight excluding hydrogens is 368 g/mol. The van der Waals surface area contributed by atoms with Gasteiger partial charge in [-0.1, -0.05) is 38.3 Å². The van der Waals surface area contributed by atoms with Gasteiger partial charge in [-0.15, -0.1) is 0 Å². The van der Waals surface area contributed by atoms with E-state index < -0.39 is 5.97 Å². The minimum absolute atomic E-state index is 0.0194. The van der Waals surface area contributed by atoms with Crippen LogP contribution in [-0.2, 0) is 20.8 Å². The second kappa shape index (κ2) is 9.90. The summed E-state index contributed by atoms with van der Waals surface area (Å²) in [6.07, 6.45) is 6.99. The predicted octanol–water partition coefficient (Wildman–Crippen LogP) is 3.39. The summed E-state index contributed by atoms with van der Waals surface area (Å²) in [5.74, 6) is -1.73. The molecule has 158 valence electrons. The summed E-state index contributed by atoms with van der Waals surface area (Å²) in [7, 11) is 0. The molecule has 1 saturated carbocycles. The Morgan fingerprint density at radius 1 is 1.17 bits per heavy atom. The van der Waals surface area contributed by atoms with Crippen LogP contribution >= 0.6 is 0 Å².